The van der Waals surface area contributed by atoms with Crippen LogP contribution in [0.1, 0.15) is 53.0 Å². The Morgan fingerprint density at radius 1 is 1.09 bits per heavy atom. The molecule has 0 radical (unpaired) electrons. The second-order valence-electron chi connectivity index (χ2n) is 7.93. The standard InChI is InChI=1S/C23H27F3N4O2/c1-3-5-16(2)28-21(31)18-8-9-20(27-15-18)29-10-12-30(13-11-29)22(32)17-6-4-7-19(14-17)23(24,25)26/h4,6-9,14-16H,3,5,10-13H2,1-2H3,(H,28,31). The number of aromatic nitrogens is 1. The van der Waals surface area contributed by atoms with Crippen LogP contribution in [0.2, 0.25) is 0 Å². The Balaban J connectivity index is 1.58. The van der Waals surface area contributed by atoms with Crippen LogP contribution in [-0.4, -0.2) is 53.9 Å². The maximum Gasteiger partial charge on any atom is 0.416 e. The minimum Gasteiger partial charge on any atom is -0.353 e. The molecule has 1 N–H and O–H groups in total. The molecule has 32 heavy (non-hydrogen) atoms. The number of rotatable bonds is 6. The number of nitrogens with zero attached hydrogens (tertiary/aromatic N) is 3. The van der Waals surface area contributed by atoms with Gasteiger partial charge in [-0.05, 0) is 43.7 Å². The van der Waals surface area contributed by atoms with Gasteiger partial charge in [0.2, 0.25) is 0 Å². The number of hydrogen-bond acceptors (Lipinski definition) is 4. The van der Waals surface area contributed by atoms with Crippen LogP contribution in [0, 0.1) is 0 Å². The number of carbonyl (C=O) groups is 2. The lowest BCUT2D eigenvalue weighted by molar-refractivity contribution is -0.137. The lowest BCUT2D eigenvalue weighted by Crippen LogP contribution is -2.49. The molecule has 1 aromatic heterocycles. The molecule has 0 spiro atoms. The second kappa shape index (κ2) is 10.0. The molecule has 1 aliphatic rings. The lowest BCUT2D eigenvalue weighted by atomic mass is 10.1. The fourth-order valence-electron chi connectivity index (χ4n) is 3.67. The van der Waals surface area contributed by atoms with Gasteiger partial charge in [-0.1, -0.05) is 19.4 Å². The number of benzene rings is 1. The first-order valence-electron chi connectivity index (χ1n) is 10.7. The van der Waals surface area contributed by atoms with E-state index in [1.807, 2.05) is 11.8 Å². The van der Waals surface area contributed by atoms with Gasteiger partial charge in [-0.3, -0.25) is 9.59 Å². The van der Waals surface area contributed by atoms with Crippen molar-refractivity contribution >= 4 is 17.6 Å². The Kier molecular flexibility index (Phi) is 7.37. The van der Waals surface area contributed by atoms with Gasteiger partial charge in [-0.15, -0.1) is 0 Å². The average molecular weight is 448 g/mol. The van der Waals surface area contributed by atoms with Crippen molar-refractivity contribution in [2.24, 2.45) is 0 Å². The van der Waals surface area contributed by atoms with Gasteiger partial charge in [0.1, 0.15) is 5.82 Å². The Bertz CT molecular complexity index is 939. The van der Waals surface area contributed by atoms with Crippen molar-refractivity contribution < 1.29 is 22.8 Å². The quantitative estimate of drug-likeness (QED) is 0.726. The zero-order chi connectivity index (χ0) is 23.3. The van der Waals surface area contributed by atoms with Crippen LogP contribution in [0.25, 0.3) is 0 Å². The molecule has 1 aromatic carbocycles. The maximum atomic E-state index is 12.9. The molecule has 1 atom stereocenters. The Morgan fingerprint density at radius 3 is 2.41 bits per heavy atom. The molecule has 9 heteroatoms. The highest BCUT2D eigenvalue weighted by molar-refractivity contribution is 5.95. The minimum atomic E-state index is -4.49. The summed E-state index contributed by atoms with van der Waals surface area (Å²) in [7, 11) is 0. The van der Waals surface area contributed by atoms with E-state index in [0.29, 0.717) is 37.6 Å². The summed E-state index contributed by atoms with van der Waals surface area (Å²) >= 11 is 0. The molecule has 0 bridgehead atoms. The number of carbonyl (C=O) groups excluding carboxylic acids is 2. The molecule has 0 aliphatic carbocycles. The van der Waals surface area contributed by atoms with Crippen molar-refractivity contribution in [1.29, 1.82) is 0 Å². The zero-order valence-electron chi connectivity index (χ0n) is 18.2. The Hall–Kier alpha value is -3.10. The number of amides is 2. The summed E-state index contributed by atoms with van der Waals surface area (Å²) in [6.45, 7) is 5.75. The van der Waals surface area contributed by atoms with E-state index >= 15 is 0 Å². The molecule has 3 rings (SSSR count). The van der Waals surface area contributed by atoms with E-state index < -0.39 is 17.6 Å². The number of nitrogens with one attached hydrogen (secondary N) is 1. The highest BCUT2D eigenvalue weighted by Gasteiger charge is 2.31. The van der Waals surface area contributed by atoms with Crippen LogP contribution < -0.4 is 10.2 Å². The molecule has 1 saturated heterocycles. The van der Waals surface area contributed by atoms with Crippen molar-refractivity contribution in [2.75, 3.05) is 31.1 Å². The second-order valence-corrected chi connectivity index (χ2v) is 7.93. The molecule has 2 amide bonds. The summed E-state index contributed by atoms with van der Waals surface area (Å²) in [6.07, 6.45) is -1.07. The van der Waals surface area contributed by atoms with E-state index in [9.17, 15) is 22.8 Å². The fraction of sp³-hybridized carbons (Fsp3) is 0.435. The number of anilines is 1. The van der Waals surface area contributed by atoms with Crippen LogP contribution in [0.4, 0.5) is 19.0 Å². The predicted octanol–water partition coefficient (Wildman–Crippen LogP) is 3.98. The van der Waals surface area contributed by atoms with Crippen molar-refractivity contribution in [1.82, 2.24) is 15.2 Å². The first-order chi connectivity index (χ1) is 15.2. The van der Waals surface area contributed by atoms with E-state index in [0.717, 1.165) is 25.0 Å². The van der Waals surface area contributed by atoms with Crippen molar-refractivity contribution in [2.45, 2.75) is 38.9 Å². The van der Waals surface area contributed by atoms with Gasteiger partial charge in [0.25, 0.3) is 11.8 Å². The summed E-state index contributed by atoms with van der Waals surface area (Å²) in [5, 5.41) is 2.94. The van der Waals surface area contributed by atoms with Crippen molar-refractivity contribution in [3.05, 3.63) is 59.3 Å². The topological polar surface area (TPSA) is 65.5 Å². The van der Waals surface area contributed by atoms with Gasteiger partial charge >= 0.3 is 6.18 Å². The number of piperazine rings is 1. The summed E-state index contributed by atoms with van der Waals surface area (Å²) < 4.78 is 38.8. The largest absolute Gasteiger partial charge is 0.416 e. The third-order valence-electron chi connectivity index (χ3n) is 5.44. The Morgan fingerprint density at radius 2 is 1.81 bits per heavy atom. The minimum absolute atomic E-state index is 0.0269. The van der Waals surface area contributed by atoms with E-state index in [-0.39, 0.29) is 17.5 Å². The molecule has 172 valence electrons. The summed E-state index contributed by atoms with van der Waals surface area (Å²) in [4.78, 5) is 32.8. The molecule has 2 heterocycles. The highest BCUT2D eigenvalue weighted by Crippen LogP contribution is 2.30. The van der Waals surface area contributed by atoms with Crippen molar-refractivity contribution in [3.8, 4) is 0 Å². The van der Waals surface area contributed by atoms with Gasteiger partial charge in [0.15, 0.2) is 0 Å². The SMILES string of the molecule is CCCC(C)NC(=O)c1ccc(N2CCN(C(=O)c3cccc(C(F)(F)F)c3)CC2)nc1. The normalized spacial score (nSPS) is 15.4. The number of pyridine rings is 1. The van der Waals surface area contributed by atoms with Crippen LogP contribution >= 0.6 is 0 Å². The molecule has 1 aliphatic heterocycles. The predicted molar refractivity (Wildman–Crippen MR) is 116 cm³/mol. The molecular formula is C23H27F3N4O2. The van der Waals surface area contributed by atoms with Gasteiger partial charge in [0.05, 0.1) is 11.1 Å². The first-order valence-corrected chi connectivity index (χ1v) is 10.7. The van der Waals surface area contributed by atoms with Crippen LogP contribution in [0.5, 0.6) is 0 Å². The van der Waals surface area contributed by atoms with E-state index in [2.05, 4.69) is 17.2 Å². The van der Waals surface area contributed by atoms with Gasteiger partial charge in [-0.2, -0.15) is 13.2 Å². The third-order valence-corrected chi connectivity index (χ3v) is 5.44. The zero-order valence-corrected chi connectivity index (χ0v) is 18.2. The van der Waals surface area contributed by atoms with E-state index in [1.54, 1.807) is 17.0 Å². The first kappa shape index (κ1) is 23.6. The lowest BCUT2D eigenvalue weighted by Gasteiger charge is -2.35. The smallest absolute Gasteiger partial charge is 0.353 e. The van der Waals surface area contributed by atoms with Gasteiger partial charge in [-0.25, -0.2) is 4.98 Å². The maximum absolute atomic E-state index is 12.9. The number of hydrogen-bond donors (Lipinski definition) is 1. The van der Waals surface area contributed by atoms with Crippen LogP contribution in [0.15, 0.2) is 42.6 Å². The molecule has 2 aromatic rings. The monoisotopic (exact) mass is 448 g/mol. The van der Waals surface area contributed by atoms with Gasteiger partial charge in [0, 0.05) is 44.0 Å². The molecule has 1 unspecified atom stereocenters. The van der Waals surface area contributed by atoms with Crippen molar-refractivity contribution in [3.63, 3.8) is 0 Å². The van der Waals surface area contributed by atoms with E-state index in [4.69, 9.17) is 0 Å². The molecule has 0 saturated carbocycles. The molecule has 1 fully saturated rings. The molecular weight excluding hydrogens is 421 g/mol. The summed E-state index contributed by atoms with van der Waals surface area (Å²) in [5.74, 6) is 0.104. The average Bonchev–Trinajstić information content (AvgIpc) is 2.78. The molecule has 6 nitrogen and oxygen atoms in total. The van der Waals surface area contributed by atoms with Crippen LogP contribution in [0.3, 0.4) is 0 Å². The number of halogens is 3. The third kappa shape index (κ3) is 5.77. The summed E-state index contributed by atoms with van der Waals surface area (Å²) in [5.41, 5.74) is -0.325. The van der Waals surface area contributed by atoms with E-state index in [1.165, 1.54) is 18.3 Å². The fourth-order valence-corrected chi connectivity index (χ4v) is 3.67. The highest BCUT2D eigenvalue weighted by atomic mass is 19.4. The Labute approximate surface area is 185 Å². The summed E-state index contributed by atoms with van der Waals surface area (Å²) in [6, 6.07) is 8.07. The van der Waals surface area contributed by atoms with Gasteiger partial charge < -0.3 is 15.1 Å². The van der Waals surface area contributed by atoms with Crippen LogP contribution in [-0.2, 0) is 6.18 Å². The number of alkyl halides is 3.